The average molecular weight is 338 g/mol. The van der Waals surface area contributed by atoms with Crippen LogP contribution in [0.25, 0.3) is 6.08 Å². The van der Waals surface area contributed by atoms with Crippen LogP contribution in [-0.2, 0) is 11.4 Å². The molecule has 6 heteroatoms. The molecule has 22 heavy (non-hydrogen) atoms. The molecule has 0 spiro atoms. The predicted octanol–water partition coefficient (Wildman–Crippen LogP) is 4.09. The largest absolute Gasteiger partial charge is 0.488 e. The summed E-state index contributed by atoms with van der Waals surface area (Å²) in [5, 5.41) is 9.54. The van der Waals surface area contributed by atoms with Gasteiger partial charge in [-0.3, -0.25) is 10.0 Å². The Kier molecular flexibility index (Phi) is 5.83. The first-order valence-corrected chi connectivity index (χ1v) is 7.14. The number of halogens is 2. The third-order valence-electron chi connectivity index (χ3n) is 2.88. The summed E-state index contributed by atoms with van der Waals surface area (Å²) >= 11 is 12.2. The molecule has 2 N–H and O–H groups in total. The predicted molar refractivity (Wildman–Crippen MR) is 86.2 cm³/mol. The topological polar surface area (TPSA) is 58.6 Å². The van der Waals surface area contributed by atoms with E-state index in [-0.39, 0.29) is 6.61 Å². The van der Waals surface area contributed by atoms with Gasteiger partial charge in [0.1, 0.15) is 12.4 Å². The third kappa shape index (κ3) is 4.24. The fourth-order valence-corrected chi connectivity index (χ4v) is 2.28. The molecule has 2 rings (SSSR count). The zero-order valence-corrected chi connectivity index (χ0v) is 12.9. The van der Waals surface area contributed by atoms with E-state index in [1.807, 2.05) is 12.1 Å². The van der Waals surface area contributed by atoms with Crippen molar-refractivity contribution in [2.75, 3.05) is 0 Å². The van der Waals surface area contributed by atoms with Crippen molar-refractivity contribution in [3.63, 3.8) is 0 Å². The summed E-state index contributed by atoms with van der Waals surface area (Å²) < 4.78 is 5.74. The molecule has 0 atom stereocenters. The summed E-state index contributed by atoms with van der Waals surface area (Å²) in [6, 6.07) is 12.4. The van der Waals surface area contributed by atoms with Gasteiger partial charge in [0.25, 0.3) is 5.91 Å². The molecule has 0 aromatic heterocycles. The second-order valence-electron chi connectivity index (χ2n) is 4.34. The van der Waals surface area contributed by atoms with Gasteiger partial charge < -0.3 is 4.74 Å². The van der Waals surface area contributed by atoms with E-state index < -0.39 is 5.91 Å². The van der Waals surface area contributed by atoms with Crippen molar-refractivity contribution in [2.45, 2.75) is 6.61 Å². The highest BCUT2D eigenvalue weighted by Crippen LogP contribution is 2.27. The lowest BCUT2D eigenvalue weighted by molar-refractivity contribution is -0.124. The van der Waals surface area contributed by atoms with Crippen molar-refractivity contribution >= 4 is 35.2 Å². The SMILES string of the molecule is O=C(/C=C/c1ccccc1OCc1c(Cl)cccc1Cl)NO. The number of hydrogen-bond acceptors (Lipinski definition) is 3. The summed E-state index contributed by atoms with van der Waals surface area (Å²) in [4.78, 5) is 11.0. The summed E-state index contributed by atoms with van der Waals surface area (Å²) in [6.45, 7) is 0.204. The molecule has 0 radical (unpaired) electrons. The Morgan fingerprint density at radius 1 is 1.14 bits per heavy atom. The molecule has 114 valence electrons. The van der Waals surface area contributed by atoms with Crippen molar-refractivity contribution < 1.29 is 14.7 Å². The van der Waals surface area contributed by atoms with Crippen LogP contribution in [-0.4, -0.2) is 11.1 Å². The number of nitrogens with one attached hydrogen (secondary N) is 1. The normalized spacial score (nSPS) is 10.7. The van der Waals surface area contributed by atoms with E-state index in [2.05, 4.69) is 0 Å². The van der Waals surface area contributed by atoms with E-state index in [1.54, 1.807) is 30.3 Å². The van der Waals surface area contributed by atoms with E-state index in [9.17, 15) is 4.79 Å². The number of hydroxylamine groups is 1. The lowest BCUT2D eigenvalue weighted by atomic mass is 10.2. The maximum absolute atomic E-state index is 11.0. The third-order valence-corrected chi connectivity index (χ3v) is 3.59. The minimum absolute atomic E-state index is 0.204. The number of carbonyl (C=O) groups is 1. The highest BCUT2D eigenvalue weighted by atomic mass is 35.5. The number of ether oxygens (including phenoxy) is 1. The van der Waals surface area contributed by atoms with Crippen LogP contribution in [0.4, 0.5) is 0 Å². The van der Waals surface area contributed by atoms with Gasteiger partial charge in [-0.15, -0.1) is 0 Å². The Labute approximate surface area is 137 Å². The Morgan fingerprint density at radius 2 is 1.82 bits per heavy atom. The van der Waals surface area contributed by atoms with Crippen LogP contribution in [0, 0.1) is 0 Å². The summed E-state index contributed by atoms with van der Waals surface area (Å²) in [5.74, 6) is -0.0515. The maximum Gasteiger partial charge on any atom is 0.267 e. The van der Waals surface area contributed by atoms with Crippen LogP contribution >= 0.6 is 23.2 Å². The first-order valence-electron chi connectivity index (χ1n) is 6.38. The number of amides is 1. The zero-order valence-electron chi connectivity index (χ0n) is 11.4. The number of hydrogen-bond donors (Lipinski definition) is 2. The van der Waals surface area contributed by atoms with Crippen LogP contribution in [0.2, 0.25) is 10.0 Å². The number of benzene rings is 2. The Hall–Kier alpha value is -2.01. The molecular weight excluding hydrogens is 325 g/mol. The summed E-state index contributed by atoms with van der Waals surface area (Å²) in [6.07, 6.45) is 2.74. The highest BCUT2D eigenvalue weighted by Gasteiger charge is 2.07. The lowest BCUT2D eigenvalue weighted by Gasteiger charge is -2.11. The van der Waals surface area contributed by atoms with E-state index in [1.165, 1.54) is 17.6 Å². The Bertz CT molecular complexity index is 681. The van der Waals surface area contributed by atoms with Gasteiger partial charge in [-0.1, -0.05) is 47.5 Å². The van der Waals surface area contributed by atoms with Gasteiger partial charge in [0.05, 0.1) is 0 Å². The number of para-hydroxylation sites is 1. The molecule has 0 heterocycles. The minimum atomic E-state index is -0.621. The molecule has 0 aliphatic carbocycles. The lowest BCUT2D eigenvalue weighted by Crippen LogP contribution is -2.14. The number of carbonyl (C=O) groups excluding carboxylic acids is 1. The van der Waals surface area contributed by atoms with Gasteiger partial charge >= 0.3 is 0 Å². The summed E-state index contributed by atoms with van der Waals surface area (Å²) in [7, 11) is 0. The molecule has 0 aliphatic heterocycles. The second-order valence-corrected chi connectivity index (χ2v) is 5.15. The van der Waals surface area contributed by atoms with Crippen LogP contribution in [0.5, 0.6) is 5.75 Å². The molecular formula is C16H13Cl2NO3. The van der Waals surface area contributed by atoms with Gasteiger partial charge in [-0.05, 0) is 24.3 Å². The van der Waals surface area contributed by atoms with E-state index in [4.69, 9.17) is 33.1 Å². The first kappa shape index (κ1) is 16.4. The maximum atomic E-state index is 11.0. The zero-order chi connectivity index (χ0) is 15.9. The average Bonchev–Trinajstić information content (AvgIpc) is 2.53. The molecule has 1 amide bonds. The van der Waals surface area contributed by atoms with Gasteiger partial charge in [0.15, 0.2) is 0 Å². The monoisotopic (exact) mass is 337 g/mol. The standard InChI is InChI=1S/C16H13Cl2NO3/c17-13-5-3-6-14(18)12(13)10-22-15-7-2-1-4-11(15)8-9-16(20)19-21/h1-9,21H,10H2,(H,19,20)/b9-8+. The van der Waals surface area contributed by atoms with Crippen LogP contribution in [0.15, 0.2) is 48.5 Å². The molecule has 0 saturated carbocycles. The quantitative estimate of drug-likeness (QED) is 0.490. The van der Waals surface area contributed by atoms with Gasteiger partial charge in [0, 0.05) is 27.2 Å². The van der Waals surface area contributed by atoms with Gasteiger partial charge in [-0.25, -0.2) is 5.48 Å². The molecule has 0 unspecified atom stereocenters. The Balaban J connectivity index is 2.17. The van der Waals surface area contributed by atoms with Crippen LogP contribution in [0.1, 0.15) is 11.1 Å². The molecule has 0 fully saturated rings. The highest BCUT2D eigenvalue weighted by molar-refractivity contribution is 6.35. The minimum Gasteiger partial charge on any atom is -0.488 e. The number of rotatable bonds is 5. The molecule has 2 aromatic rings. The van der Waals surface area contributed by atoms with Crippen molar-refractivity contribution in [1.82, 2.24) is 5.48 Å². The van der Waals surface area contributed by atoms with Crippen molar-refractivity contribution in [2.24, 2.45) is 0 Å². The molecule has 0 aliphatic rings. The molecule has 0 saturated heterocycles. The Morgan fingerprint density at radius 3 is 2.50 bits per heavy atom. The van der Waals surface area contributed by atoms with E-state index in [0.717, 1.165) is 0 Å². The van der Waals surface area contributed by atoms with Crippen molar-refractivity contribution in [3.8, 4) is 5.75 Å². The summed E-state index contributed by atoms with van der Waals surface area (Å²) in [5.41, 5.74) is 2.91. The van der Waals surface area contributed by atoms with Crippen LogP contribution in [0.3, 0.4) is 0 Å². The van der Waals surface area contributed by atoms with E-state index in [0.29, 0.717) is 26.9 Å². The van der Waals surface area contributed by atoms with Gasteiger partial charge in [-0.2, -0.15) is 0 Å². The van der Waals surface area contributed by atoms with Crippen molar-refractivity contribution in [3.05, 3.63) is 69.7 Å². The fraction of sp³-hybridized carbons (Fsp3) is 0.0625. The van der Waals surface area contributed by atoms with Crippen LogP contribution < -0.4 is 10.2 Å². The second kappa shape index (κ2) is 7.84. The molecule has 4 nitrogen and oxygen atoms in total. The van der Waals surface area contributed by atoms with Gasteiger partial charge in [0.2, 0.25) is 0 Å². The van der Waals surface area contributed by atoms with Crippen molar-refractivity contribution in [1.29, 1.82) is 0 Å². The molecule has 2 aromatic carbocycles. The van der Waals surface area contributed by atoms with E-state index >= 15 is 0 Å². The first-order chi connectivity index (χ1) is 10.6. The fourth-order valence-electron chi connectivity index (χ4n) is 1.77. The molecule has 0 bridgehead atoms. The smallest absolute Gasteiger partial charge is 0.267 e.